The van der Waals surface area contributed by atoms with E-state index >= 15 is 0 Å². The Bertz CT molecular complexity index is 634. The van der Waals surface area contributed by atoms with Crippen LogP contribution in [-0.2, 0) is 9.53 Å². The molecule has 6 heteroatoms. The molecule has 0 spiro atoms. The molecule has 0 unspecified atom stereocenters. The van der Waals surface area contributed by atoms with Crippen molar-refractivity contribution in [3.63, 3.8) is 0 Å². The number of ketones is 1. The SMILES string of the molecule is COC(=O)CC(=O)c1c[nH]c2cc(Cl)c(Cl)cc12. The maximum absolute atomic E-state index is 11.9. The number of methoxy groups -OCH3 is 1. The van der Waals surface area contributed by atoms with Crippen LogP contribution in [0.15, 0.2) is 18.3 Å². The lowest BCUT2D eigenvalue weighted by atomic mass is 10.1. The molecule has 4 nitrogen and oxygen atoms in total. The second-order valence-electron chi connectivity index (χ2n) is 3.69. The number of rotatable bonds is 3. The van der Waals surface area contributed by atoms with Gasteiger partial charge in [0, 0.05) is 22.7 Å². The highest BCUT2D eigenvalue weighted by Gasteiger charge is 2.17. The van der Waals surface area contributed by atoms with E-state index in [4.69, 9.17) is 23.2 Å². The molecule has 0 aliphatic heterocycles. The van der Waals surface area contributed by atoms with Crippen molar-refractivity contribution >= 4 is 45.9 Å². The van der Waals surface area contributed by atoms with Crippen LogP contribution < -0.4 is 0 Å². The summed E-state index contributed by atoms with van der Waals surface area (Å²) in [5, 5.41) is 1.40. The molecule has 0 fully saturated rings. The third-order valence-electron chi connectivity index (χ3n) is 2.56. The van der Waals surface area contributed by atoms with Gasteiger partial charge in [0.2, 0.25) is 0 Å². The van der Waals surface area contributed by atoms with Crippen LogP contribution in [0.25, 0.3) is 10.9 Å². The highest BCUT2D eigenvalue weighted by Crippen LogP contribution is 2.29. The molecule has 0 radical (unpaired) electrons. The zero-order valence-corrected chi connectivity index (χ0v) is 10.9. The average molecular weight is 286 g/mol. The molecule has 1 N–H and O–H groups in total. The molecule has 94 valence electrons. The molecule has 0 atom stereocenters. The Morgan fingerprint density at radius 3 is 2.61 bits per heavy atom. The van der Waals surface area contributed by atoms with Crippen LogP contribution >= 0.6 is 23.2 Å². The fourth-order valence-corrected chi connectivity index (χ4v) is 1.97. The Morgan fingerprint density at radius 1 is 1.28 bits per heavy atom. The molecule has 2 aromatic rings. The smallest absolute Gasteiger partial charge is 0.313 e. The van der Waals surface area contributed by atoms with E-state index < -0.39 is 5.97 Å². The second kappa shape index (κ2) is 5.00. The van der Waals surface area contributed by atoms with Crippen molar-refractivity contribution < 1.29 is 14.3 Å². The van der Waals surface area contributed by atoms with Gasteiger partial charge < -0.3 is 9.72 Å². The third-order valence-corrected chi connectivity index (χ3v) is 3.28. The van der Waals surface area contributed by atoms with Crippen molar-refractivity contribution in [2.24, 2.45) is 0 Å². The van der Waals surface area contributed by atoms with E-state index in [2.05, 4.69) is 9.72 Å². The van der Waals surface area contributed by atoms with Gasteiger partial charge in [0.05, 0.1) is 17.2 Å². The maximum Gasteiger partial charge on any atom is 0.313 e. The molecule has 1 aromatic heterocycles. The number of Topliss-reactive ketones (excluding diaryl/α,β-unsaturated/α-hetero) is 1. The molecule has 0 saturated heterocycles. The highest BCUT2D eigenvalue weighted by atomic mass is 35.5. The van der Waals surface area contributed by atoms with Crippen molar-refractivity contribution in [3.05, 3.63) is 33.9 Å². The number of benzene rings is 1. The van der Waals surface area contributed by atoms with Gasteiger partial charge in [-0.1, -0.05) is 23.2 Å². The number of aromatic amines is 1. The van der Waals surface area contributed by atoms with Gasteiger partial charge in [-0.3, -0.25) is 9.59 Å². The largest absolute Gasteiger partial charge is 0.469 e. The van der Waals surface area contributed by atoms with Crippen molar-refractivity contribution in [2.45, 2.75) is 6.42 Å². The Balaban J connectivity index is 2.43. The van der Waals surface area contributed by atoms with Crippen molar-refractivity contribution in [3.8, 4) is 0 Å². The highest BCUT2D eigenvalue weighted by molar-refractivity contribution is 6.43. The quantitative estimate of drug-likeness (QED) is 0.535. The Morgan fingerprint density at radius 2 is 1.94 bits per heavy atom. The number of H-pyrrole nitrogens is 1. The van der Waals surface area contributed by atoms with E-state index in [-0.39, 0.29) is 12.2 Å². The fourth-order valence-electron chi connectivity index (χ4n) is 1.65. The number of carbonyl (C=O) groups is 2. The molecule has 1 aromatic carbocycles. The Kier molecular flexibility index (Phi) is 3.59. The van der Waals surface area contributed by atoms with Crippen LogP contribution in [-0.4, -0.2) is 23.8 Å². The minimum atomic E-state index is -0.575. The second-order valence-corrected chi connectivity index (χ2v) is 4.50. The van der Waals surface area contributed by atoms with Crippen LogP contribution in [0.1, 0.15) is 16.8 Å². The standard InChI is InChI=1S/C12H9Cl2NO3/c1-18-12(17)4-11(16)7-5-15-10-3-9(14)8(13)2-6(7)10/h2-3,5,15H,4H2,1H3. The zero-order chi connectivity index (χ0) is 13.3. The summed E-state index contributed by atoms with van der Waals surface area (Å²) in [4.78, 5) is 25.9. The fraction of sp³-hybridized carbons (Fsp3) is 0.167. The molecular formula is C12H9Cl2NO3. The van der Waals surface area contributed by atoms with Crippen LogP contribution in [0.5, 0.6) is 0 Å². The zero-order valence-electron chi connectivity index (χ0n) is 9.42. The summed E-state index contributed by atoms with van der Waals surface area (Å²) >= 11 is 11.8. The normalized spacial score (nSPS) is 10.6. The summed E-state index contributed by atoms with van der Waals surface area (Å²) in [7, 11) is 1.24. The number of hydrogen-bond acceptors (Lipinski definition) is 3. The first-order chi connectivity index (χ1) is 8.52. The minimum Gasteiger partial charge on any atom is -0.469 e. The molecule has 0 bridgehead atoms. The predicted molar refractivity (Wildman–Crippen MR) is 69.3 cm³/mol. The summed E-state index contributed by atoms with van der Waals surface area (Å²) in [5.74, 6) is -0.902. The van der Waals surface area contributed by atoms with Gasteiger partial charge in [-0.15, -0.1) is 0 Å². The minimum absolute atomic E-state index is 0.302. The maximum atomic E-state index is 11.9. The predicted octanol–water partition coefficient (Wildman–Crippen LogP) is 3.22. The van der Waals surface area contributed by atoms with Crippen LogP contribution in [0.2, 0.25) is 10.0 Å². The van der Waals surface area contributed by atoms with Crippen molar-refractivity contribution in [2.75, 3.05) is 7.11 Å². The average Bonchev–Trinajstić information content (AvgIpc) is 2.72. The van der Waals surface area contributed by atoms with E-state index in [1.807, 2.05) is 0 Å². The summed E-state index contributed by atoms with van der Waals surface area (Å²) in [5.41, 5.74) is 1.09. The Labute approximate surface area is 113 Å². The topological polar surface area (TPSA) is 59.2 Å². The summed E-state index contributed by atoms with van der Waals surface area (Å²) in [6, 6.07) is 3.23. The van der Waals surface area contributed by atoms with E-state index in [0.29, 0.717) is 26.5 Å². The van der Waals surface area contributed by atoms with Gasteiger partial charge in [-0.2, -0.15) is 0 Å². The molecule has 2 rings (SSSR count). The molecular weight excluding hydrogens is 277 g/mol. The molecule has 0 aliphatic carbocycles. The van der Waals surface area contributed by atoms with Crippen LogP contribution in [0.4, 0.5) is 0 Å². The number of halogens is 2. The molecule has 1 heterocycles. The summed E-state index contributed by atoms with van der Waals surface area (Å²) in [6.45, 7) is 0. The van der Waals surface area contributed by atoms with E-state index in [1.54, 1.807) is 12.1 Å². The van der Waals surface area contributed by atoms with Crippen molar-refractivity contribution in [1.82, 2.24) is 4.98 Å². The molecule has 0 saturated carbocycles. The van der Waals surface area contributed by atoms with Crippen molar-refractivity contribution in [1.29, 1.82) is 0 Å². The number of carbonyl (C=O) groups excluding carboxylic acids is 2. The lowest BCUT2D eigenvalue weighted by molar-refractivity contribution is -0.139. The molecule has 18 heavy (non-hydrogen) atoms. The van der Waals surface area contributed by atoms with Gasteiger partial charge >= 0.3 is 5.97 Å². The van der Waals surface area contributed by atoms with Gasteiger partial charge in [-0.25, -0.2) is 0 Å². The molecule has 0 aliphatic rings. The van der Waals surface area contributed by atoms with E-state index in [9.17, 15) is 9.59 Å². The first-order valence-electron chi connectivity index (χ1n) is 5.09. The number of esters is 1. The van der Waals surface area contributed by atoms with Gasteiger partial charge in [0.25, 0.3) is 0 Å². The van der Waals surface area contributed by atoms with Crippen LogP contribution in [0, 0.1) is 0 Å². The summed E-state index contributed by atoms with van der Waals surface area (Å²) in [6.07, 6.45) is 1.23. The van der Waals surface area contributed by atoms with E-state index in [1.165, 1.54) is 13.3 Å². The number of nitrogens with one attached hydrogen (secondary N) is 1. The number of fused-ring (bicyclic) bond motifs is 1. The molecule has 0 amide bonds. The van der Waals surface area contributed by atoms with E-state index in [0.717, 1.165) is 0 Å². The van der Waals surface area contributed by atoms with Gasteiger partial charge in [0.1, 0.15) is 6.42 Å². The van der Waals surface area contributed by atoms with Crippen LogP contribution in [0.3, 0.4) is 0 Å². The third kappa shape index (κ3) is 2.35. The van der Waals surface area contributed by atoms with Gasteiger partial charge in [-0.05, 0) is 12.1 Å². The number of hydrogen-bond donors (Lipinski definition) is 1. The first kappa shape index (κ1) is 12.9. The number of ether oxygens (including phenoxy) is 1. The Hall–Kier alpha value is -1.52. The first-order valence-corrected chi connectivity index (χ1v) is 5.84. The lowest BCUT2D eigenvalue weighted by Crippen LogP contribution is -2.09. The lowest BCUT2D eigenvalue weighted by Gasteiger charge is -2.00. The van der Waals surface area contributed by atoms with Gasteiger partial charge in [0.15, 0.2) is 5.78 Å². The number of aromatic nitrogens is 1. The summed E-state index contributed by atoms with van der Waals surface area (Å²) < 4.78 is 4.46. The monoisotopic (exact) mass is 285 g/mol.